The Balaban J connectivity index is -0.000000000682. The molecule has 0 fully saturated rings. The molecular formula is H13AlBaCaKNaO4Si. The van der Waals surface area contributed by atoms with Gasteiger partial charge in [-0.2, -0.15) is 0 Å². The third-order valence-electron chi connectivity index (χ3n) is 0. The second kappa shape index (κ2) is 36.5. The maximum atomic E-state index is 8.74. The van der Waals surface area contributed by atoms with E-state index in [-0.39, 0.29) is 199 Å². The molecule has 0 rings (SSSR count). The molecule has 10 heavy (non-hydrogen) atoms. The molecule has 0 radical (unpaired) electrons. The summed E-state index contributed by atoms with van der Waals surface area (Å²) in [6.45, 7) is 0. The average Bonchev–Trinajstić information content (AvgIpc) is 0.811. The SMILES string of the molecule is O.O=[Si](O)O.[AlH3].[Ba+2].[Ca+2].[H-].[H-].[H-].[H-].[H-].[H-].[K+].[Na+]. The quantitative estimate of drug-likeness (QED) is 0.415. The van der Waals surface area contributed by atoms with Crippen molar-refractivity contribution in [2.75, 3.05) is 0 Å². The molecule has 10 heteroatoms. The summed E-state index contributed by atoms with van der Waals surface area (Å²) in [6, 6.07) is 0. The van der Waals surface area contributed by atoms with Crippen molar-refractivity contribution >= 4 is 113 Å². The normalized spacial score (nSPS) is 2.40. The van der Waals surface area contributed by atoms with Crippen LogP contribution in [0.4, 0.5) is 0 Å². The van der Waals surface area contributed by atoms with E-state index in [0.717, 1.165) is 0 Å². The van der Waals surface area contributed by atoms with Crippen molar-refractivity contribution in [2.45, 2.75) is 0 Å². The van der Waals surface area contributed by atoms with Crippen molar-refractivity contribution < 1.29 is 109 Å². The van der Waals surface area contributed by atoms with Crippen LogP contribution in [-0.2, 0) is 4.46 Å². The second-order valence-electron chi connectivity index (χ2n) is 0.283. The minimum absolute atomic E-state index is 0. The van der Waals surface area contributed by atoms with Crippen molar-refractivity contribution in [2.24, 2.45) is 0 Å². The molecule has 0 aromatic heterocycles. The van der Waals surface area contributed by atoms with E-state index in [1.54, 1.807) is 0 Å². The van der Waals surface area contributed by atoms with Gasteiger partial charge in [-0.15, -0.1) is 0 Å². The molecule has 0 aliphatic heterocycles. The molecule has 50 valence electrons. The zero-order chi connectivity index (χ0) is 3.58. The van der Waals surface area contributed by atoms with Crippen molar-refractivity contribution in [3.05, 3.63) is 0 Å². The number of hydrogen-bond acceptors (Lipinski definition) is 1. The molecule has 0 heterocycles. The topological polar surface area (TPSA) is 89.0 Å². The Morgan fingerprint density at radius 3 is 1.30 bits per heavy atom. The van der Waals surface area contributed by atoms with Crippen LogP contribution >= 0.6 is 0 Å². The van der Waals surface area contributed by atoms with Crippen LogP contribution in [0.2, 0.25) is 0 Å². The number of hydrogen-bond donors (Lipinski definition) is 2. The molecule has 0 amide bonds. The molecule has 4 nitrogen and oxygen atoms in total. The van der Waals surface area contributed by atoms with Gasteiger partial charge in [-0.05, 0) is 0 Å². The fourth-order valence-corrected chi connectivity index (χ4v) is 0. The van der Waals surface area contributed by atoms with Crippen molar-refractivity contribution in [1.82, 2.24) is 0 Å². The molecule has 0 aromatic carbocycles. The van der Waals surface area contributed by atoms with Crippen LogP contribution in [0.5, 0.6) is 0 Å². The van der Waals surface area contributed by atoms with Crippen molar-refractivity contribution in [3.8, 4) is 0 Å². The van der Waals surface area contributed by atoms with E-state index < -0.39 is 9.17 Å². The molecule has 0 aliphatic rings. The van der Waals surface area contributed by atoms with Crippen LogP contribution in [-0.4, -0.2) is 128 Å². The summed E-state index contributed by atoms with van der Waals surface area (Å²) in [7, 11) is -3.13. The van der Waals surface area contributed by atoms with Gasteiger partial charge in [0.1, 0.15) is 0 Å². The Bertz CT molecular complexity index is 63.5. The summed E-state index contributed by atoms with van der Waals surface area (Å²) in [5.41, 5.74) is 0. The van der Waals surface area contributed by atoms with Crippen LogP contribution in [0.3, 0.4) is 0 Å². The average molecular weight is 372 g/mol. The summed E-state index contributed by atoms with van der Waals surface area (Å²) in [5, 5.41) is 0. The summed E-state index contributed by atoms with van der Waals surface area (Å²) in [4.78, 5) is 14.3. The predicted molar refractivity (Wildman–Crippen MR) is 42.6 cm³/mol. The van der Waals surface area contributed by atoms with E-state index >= 15 is 0 Å². The molecule has 4 N–H and O–H groups in total. The van der Waals surface area contributed by atoms with Crippen molar-refractivity contribution in [3.63, 3.8) is 0 Å². The molecule has 0 spiro atoms. The summed E-state index contributed by atoms with van der Waals surface area (Å²) >= 11 is 0. The third-order valence-corrected chi connectivity index (χ3v) is 0. The first-order valence-electron chi connectivity index (χ1n) is 0.651. The molecule has 0 saturated heterocycles. The van der Waals surface area contributed by atoms with Gasteiger partial charge < -0.3 is 23.6 Å². The Kier molecular flexibility index (Phi) is 164. The molecular weight excluding hydrogens is 359 g/mol. The molecule has 0 saturated carbocycles. The first kappa shape index (κ1) is 45.0. The van der Waals surface area contributed by atoms with E-state index in [1.165, 1.54) is 0 Å². The van der Waals surface area contributed by atoms with E-state index in [0.29, 0.717) is 0 Å². The van der Waals surface area contributed by atoms with Crippen LogP contribution in [0.15, 0.2) is 0 Å². The van der Waals surface area contributed by atoms with Gasteiger partial charge in [0.05, 0.1) is 0 Å². The van der Waals surface area contributed by atoms with Gasteiger partial charge >= 0.3 is 177 Å². The molecule has 0 unspecified atom stereocenters. The summed E-state index contributed by atoms with van der Waals surface area (Å²) in [6.07, 6.45) is 0. The Morgan fingerprint density at radius 1 is 1.30 bits per heavy atom. The third kappa shape index (κ3) is 69.0. The fourth-order valence-electron chi connectivity index (χ4n) is 0. The van der Waals surface area contributed by atoms with Gasteiger partial charge in [-0.1, -0.05) is 0 Å². The van der Waals surface area contributed by atoms with Gasteiger partial charge in [-0.25, -0.2) is 0 Å². The minimum atomic E-state index is -3.13. The van der Waals surface area contributed by atoms with Crippen molar-refractivity contribution in [1.29, 1.82) is 0 Å². The maximum absolute atomic E-state index is 8.74. The molecule has 0 bridgehead atoms. The van der Waals surface area contributed by atoms with Crippen LogP contribution in [0.25, 0.3) is 0 Å². The zero-order valence-electron chi connectivity index (χ0n) is 11.7. The van der Waals surface area contributed by atoms with Gasteiger partial charge in [0.25, 0.3) is 0 Å². The largest absolute Gasteiger partial charge is 2.00 e. The summed E-state index contributed by atoms with van der Waals surface area (Å²) < 4.78 is 8.74. The zero-order valence-corrected chi connectivity index (χ0v) is 18.5. The van der Waals surface area contributed by atoms with E-state index in [9.17, 15) is 0 Å². The predicted octanol–water partition coefficient (Wildman–Crippen LogP) is -9.70. The number of rotatable bonds is 0. The van der Waals surface area contributed by atoms with E-state index in [4.69, 9.17) is 14.1 Å². The van der Waals surface area contributed by atoms with E-state index in [2.05, 4.69) is 0 Å². The van der Waals surface area contributed by atoms with Crippen LogP contribution in [0, 0.1) is 0 Å². The van der Waals surface area contributed by atoms with Gasteiger partial charge in [0, 0.05) is 0 Å². The van der Waals surface area contributed by atoms with E-state index in [1.807, 2.05) is 0 Å². The Hall–Kier alpha value is 5.58. The second-order valence-corrected chi connectivity index (χ2v) is 0.848. The van der Waals surface area contributed by atoms with Crippen LogP contribution < -0.4 is 80.9 Å². The maximum Gasteiger partial charge on any atom is 2.00 e. The molecule has 0 aliphatic carbocycles. The summed E-state index contributed by atoms with van der Waals surface area (Å²) in [5.74, 6) is 0. The smallest absolute Gasteiger partial charge is 1.00 e. The first-order chi connectivity index (χ1) is 1.73. The first-order valence-corrected chi connectivity index (χ1v) is 1.95. The molecule has 0 aromatic rings. The fraction of sp³-hybridized carbons (Fsp3) is 0. The van der Waals surface area contributed by atoms with Gasteiger partial charge in [0.2, 0.25) is 0 Å². The van der Waals surface area contributed by atoms with Gasteiger partial charge in [0.15, 0.2) is 17.4 Å². The Labute approximate surface area is 216 Å². The van der Waals surface area contributed by atoms with Gasteiger partial charge in [-0.3, -0.25) is 4.46 Å². The monoisotopic (exact) mass is 372 g/mol. The molecule has 0 atom stereocenters. The van der Waals surface area contributed by atoms with Crippen LogP contribution in [0.1, 0.15) is 8.56 Å². The standard InChI is InChI=1S/Al.Ba.Ca.K.Na.H2O3Si.H2O.9H/c;;;;;1-4(2)3;;;;;;;;;;/h;;;;;1-2H;1H2;;;;;;;;;/q;2*+2;2*+1;;;;;;6*-1. The minimum Gasteiger partial charge on any atom is -1.00 e. The Morgan fingerprint density at radius 2 is 1.30 bits per heavy atom.